The summed E-state index contributed by atoms with van der Waals surface area (Å²) in [6.45, 7) is 5.03. The number of hydrogen-bond donors (Lipinski definition) is 2. The third kappa shape index (κ3) is 6.87. The van der Waals surface area contributed by atoms with E-state index in [4.69, 9.17) is 9.84 Å². The molecule has 0 bridgehead atoms. The molecule has 1 aromatic heterocycles. The van der Waals surface area contributed by atoms with Gasteiger partial charge in [-0.15, -0.1) is 23.7 Å². The predicted octanol–water partition coefficient (Wildman–Crippen LogP) is 1.58. The minimum absolute atomic E-state index is 0. The van der Waals surface area contributed by atoms with Gasteiger partial charge in [-0.2, -0.15) is 0 Å². The molecule has 0 amide bonds. The minimum Gasteiger partial charge on any atom is -0.394 e. The second kappa shape index (κ2) is 9.12. The number of hydrogen-bond acceptors (Lipinski definition) is 4. The molecular formula is C10H18ClNO2S. The van der Waals surface area contributed by atoms with Crippen molar-refractivity contribution in [3.8, 4) is 0 Å². The van der Waals surface area contributed by atoms with Crippen molar-refractivity contribution in [1.82, 2.24) is 5.32 Å². The van der Waals surface area contributed by atoms with Crippen molar-refractivity contribution in [3.05, 3.63) is 21.9 Å². The molecule has 0 radical (unpaired) electrons. The van der Waals surface area contributed by atoms with Crippen LogP contribution in [0.15, 0.2) is 12.1 Å². The molecule has 0 saturated carbocycles. The topological polar surface area (TPSA) is 41.5 Å². The van der Waals surface area contributed by atoms with Crippen LogP contribution in [0, 0.1) is 6.92 Å². The van der Waals surface area contributed by atoms with E-state index in [-0.39, 0.29) is 19.0 Å². The molecular weight excluding hydrogens is 234 g/mol. The maximum absolute atomic E-state index is 8.46. The van der Waals surface area contributed by atoms with Gasteiger partial charge in [-0.25, -0.2) is 0 Å². The highest BCUT2D eigenvalue weighted by Crippen LogP contribution is 2.14. The van der Waals surface area contributed by atoms with Crippen LogP contribution in [0.1, 0.15) is 9.75 Å². The summed E-state index contributed by atoms with van der Waals surface area (Å²) < 4.78 is 5.12. The van der Waals surface area contributed by atoms with Crippen molar-refractivity contribution in [1.29, 1.82) is 0 Å². The third-order valence-corrected chi connectivity index (χ3v) is 2.75. The summed E-state index contributed by atoms with van der Waals surface area (Å²) in [4.78, 5) is 2.70. The number of aryl methyl sites for hydroxylation is 1. The van der Waals surface area contributed by atoms with Crippen LogP contribution in [0.5, 0.6) is 0 Å². The van der Waals surface area contributed by atoms with Crippen LogP contribution in [0.3, 0.4) is 0 Å². The number of rotatable bonds is 7. The van der Waals surface area contributed by atoms with Gasteiger partial charge in [0.25, 0.3) is 0 Å². The van der Waals surface area contributed by atoms with Crippen LogP contribution in [-0.4, -0.2) is 31.5 Å². The molecule has 88 valence electrons. The molecule has 0 aliphatic carbocycles. The first kappa shape index (κ1) is 14.9. The molecule has 0 fully saturated rings. The lowest BCUT2D eigenvalue weighted by atomic mass is 10.4. The number of aliphatic hydroxyl groups excluding tert-OH is 1. The lowest BCUT2D eigenvalue weighted by molar-refractivity contribution is 0.0938. The van der Waals surface area contributed by atoms with E-state index in [0.29, 0.717) is 13.2 Å². The maximum atomic E-state index is 8.46. The summed E-state index contributed by atoms with van der Waals surface area (Å²) in [5.74, 6) is 0. The Bertz CT molecular complexity index is 255. The van der Waals surface area contributed by atoms with Gasteiger partial charge >= 0.3 is 0 Å². The summed E-state index contributed by atoms with van der Waals surface area (Å²) in [5.41, 5.74) is 0. The minimum atomic E-state index is 0. The van der Waals surface area contributed by atoms with E-state index in [1.165, 1.54) is 9.75 Å². The summed E-state index contributed by atoms with van der Waals surface area (Å²) in [6, 6.07) is 4.27. The fourth-order valence-electron chi connectivity index (χ4n) is 1.10. The molecule has 0 unspecified atom stereocenters. The van der Waals surface area contributed by atoms with Gasteiger partial charge in [0.1, 0.15) is 0 Å². The molecule has 2 N–H and O–H groups in total. The summed E-state index contributed by atoms with van der Waals surface area (Å²) in [5, 5.41) is 11.7. The van der Waals surface area contributed by atoms with Gasteiger partial charge in [0.2, 0.25) is 0 Å². The molecule has 1 aromatic rings. The van der Waals surface area contributed by atoms with Crippen molar-refractivity contribution in [3.63, 3.8) is 0 Å². The second-order valence-corrected chi connectivity index (χ2v) is 4.40. The predicted molar refractivity (Wildman–Crippen MR) is 65.9 cm³/mol. The maximum Gasteiger partial charge on any atom is 0.0698 e. The van der Waals surface area contributed by atoms with Gasteiger partial charge in [0.15, 0.2) is 0 Å². The van der Waals surface area contributed by atoms with Crippen LogP contribution in [-0.2, 0) is 11.3 Å². The Morgan fingerprint density at radius 3 is 2.80 bits per heavy atom. The van der Waals surface area contributed by atoms with E-state index in [1.807, 2.05) is 11.3 Å². The zero-order valence-electron chi connectivity index (χ0n) is 8.86. The number of nitrogens with one attached hydrogen (secondary N) is 1. The van der Waals surface area contributed by atoms with Crippen LogP contribution in [0.2, 0.25) is 0 Å². The molecule has 0 saturated heterocycles. The zero-order valence-corrected chi connectivity index (χ0v) is 10.5. The molecule has 0 aliphatic heterocycles. The molecule has 0 atom stereocenters. The molecule has 1 heterocycles. The van der Waals surface area contributed by atoms with Gasteiger partial charge in [0.05, 0.1) is 19.8 Å². The van der Waals surface area contributed by atoms with Crippen molar-refractivity contribution >= 4 is 23.7 Å². The van der Waals surface area contributed by atoms with Gasteiger partial charge in [-0.3, -0.25) is 0 Å². The van der Waals surface area contributed by atoms with Crippen molar-refractivity contribution in [2.24, 2.45) is 0 Å². The Balaban J connectivity index is 0.00000196. The first-order valence-electron chi connectivity index (χ1n) is 4.77. The summed E-state index contributed by atoms with van der Waals surface area (Å²) in [6.07, 6.45) is 0. The first-order valence-corrected chi connectivity index (χ1v) is 5.59. The van der Waals surface area contributed by atoms with E-state index in [9.17, 15) is 0 Å². The van der Waals surface area contributed by atoms with E-state index in [0.717, 1.165) is 13.1 Å². The Labute approximate surface area is 101 Å². The highest BCUT2D eigenvalue weighted by atomic mass is 35.5. The molecule has 15 heavy (non-hydrogen) atoms. The Morgan fingerprint density at radius 2 is 2.20 bits per heavy atom. The normalized spacial score (nSPS) is 10.0. The first-order chi connectivity index (χ1) is 6.83. The second-order valence-electron chi connectivity index (χ2n) is 3.03. The monoisotopic (exact) mass is 251 g/mol. The van der Waals surface area contributed by atoms with E-state index < -0.39 is 0 Å². The van der Waals surface area contributed by atoms with Gasteiger partial charge < -0.3 is 15.2 Å². The standard InChI is InChI=1S/C10H17NO2S.ClH/c1-9-2-3-10(14-9)8-11-4-6-13-7-5-12;/h2-3,11-12H,4-8H2,1H3;1H. The van der Waals surface area contributed by atoms with Gasteiger partial charge in [0, 0.05) is 22.8 Å². The molecule has 5 heteroatoms. The van der Waals surface area contributed by atoms with E-state index >= 15 is 0 Å². The fourth-order valence-corrected chi connectivity index (χ4v) is 1.96. The van der Waals surface area contributed by atoms with Crippen LogP contribution < -0.4 is 5.32 Å². The lowest BCUT2D eigenvalue weighted by Gasteiger charge is -2.03. The largest absolute Gasteiger partial charge is 0.394 e. The SMILES string of the molecule is Cc1ccc(CNCCOCCO)s1.Cl. The lowest BCUT2D eigenvalue weighted by Crippen LogP contribution is -2.19. The quantitative estimate of drug-likeness (QED) is 0.723. The summed E-state index contributed by atoms with van der Waals surface area (Å²) >= 11 is 1.81. The number of aliphatic hydroxyl groups is 1. The summed E-state index contributed by atoms with van der Waals surface area (Å²) in [7, 11) is 0. The Morgan fingerprint density at radius 1 is 1.40 bits per heavy atom. The Hall–Kier alpha value is -0.130. The van der Waals surface area contributed by atoms with E-state index in [2.05, 4.69) is 24.4 Å². The third-order valence-electron chi connectivity index (χ3n) is 1.75. The van der Waals surface area contributed by atoms with Crippen molar-refractivity contribution in [2.75, 3.05) is 26.4 Å². The highest BCUT2D eigenvalue weighted by molar-refractivity contribution is 7.11. The molecule has 1 rings (SSSR count). The van der Waals surface area contributed by atoms with Crippen LogP contribution in [0.4, 0.5) is 0 Å². The smallest absolute Gasteiger partial charge is 0.0698 e. The Kier molecular flexibility index (Phi) is 9.04. The molecule has 0 aromatic carbocycles. The van der Waals surface area contributed by atoms with Gasteiger partial charge in [-0.05, 0) is 19.1 Å². The van der Waals surface area contributed by atoms with Crippen molar-refractivity contribution < 1.29 is 9.84 Å². The average Bonchev–Trinajstić information content (AvgIpc) is 2.58. The fraction of sp³-hybridized carbons (Fsp3) is 0.600. The van der Waals surface area contributed by atoms with Crippen LogP contribution in [0.25, 0.3) is 0 Å². The zero-order chi connectivity index (χ0) is 10.2. The molecule has 3 nitrogen and oxygen atoms in total. The molecule has 0 aliphatic rings. The molecule has 0 spiro atoms. The number of ether oxygens (including phenoxy) is 1. The highest BCUT2D eigenvalue weighted by Gasteiger charge is 1.95. The van der Waals surface area contributed by atoms with Gasteiger partial charge in [-0.1, -0.05) is 0 Å². The number of thiophene rings is 1. The average molecular weight is 252 g/mol. The number of halogens is 1. The van der Waals surface area contributed by atoms with Crippen molar-refractivity contribution in [2.45, 2.75) is 13.5 Å². The van der Waals surface area contributed by atoms with Crippen LogP contribution >= 0.6 is 23.7 Å². The van der Waals surface area contributed by atoms with E-state index in [1.54, 1.807) is 0 Å².